The van der Waals surface area contributed by atoms with Crippen LogP contribution in [0.2, 0.25) is 0 Å². The van der Waals surface area contributed by atoms with Crippen molar-refractivity contribution in [1.82, 2.24) is 15.1 Å². The van der Waals surface area contributed by atoms with Crippen LogP contribution < -0.4 is 11.1 Å². The molecule has 2 heterocycles. The number of nitrogens with two attached hydrogens (primary N) is 1. The maximum atomic E-state index is 5.83. The largest absolute Gasteiger partial charge is 0.377 e. The second-order valence-electron chi connectivity index (χ2n) is 4.87. The summed E-state index contributed by atoms with van der Waals surface area (Å²) in [4.78, 5) is 0. The Morgan fingerprint density at radius 2 is 2.56 bits per heavy atom. The third-order valence-corrected chi connectivity index (χ3v) is 3.36. The molecule has 1 aliphatic rings. The molecule has 2 unspecified atom stereocenters. The van der Waals surface area contributed by atoms with Gasteiger partial charge in [0.2, 0.25) is 0 Å². The number of ether oxygens (including phenoxy) is 1. The monoisotopic (exact) mass is 252 g/mol. The molecule has 18 heavy (non-hydrogen) atoms. The summed E-state index contributed by atoms with van der Waals surface area (Å²) in [6.45, 7) is 5.47. The van der Waals surface area contributed by atoms with Gasteiger partial charge in [0.1, 0.15) is 0 Å². The molecule has 0 spiro atoms. The van der Waals surface area contributed by atoms with Crippen LogP contribution in [0.5, 0.6) is 0 Å². The van der Waals surface area contributed by atoms with Crippen LogP contribution >= 0.6 is 0 Å². The molecule has 0 aromatic carbocycles. The van der Waals surface area contributed by atoms with Crippen LogP contribution in [0, 0.1) is 0 Å². The standard InChI is InChI=1S/C13H24N4O/c1-2-5-17-10-11(8-16-17)13(7-14)15-9-12-4-3-6-18-12/h8,10,12-13,15H,2-7,9,14H2,1H3. The third-order valence-electron chi connectivity index (χ3n) is 3.36. The molecule has 1 aliphatic heterocycles. The van der Waals surface area contributed by atoms with Gasteiger partial charge in [0, 0.05) is 44.0 Å². The fraction of sp³-hybridized carbons (Fsp3) is 0.769. The first-order chi connectivity index (χ1) is 8.83. The van der Waals surface area contributed by atoms with E-state index in [1.807, 2.05) is 10.9 Å². The topological polar surface area (TPSA) is 65.1 Å². The van der Waals surface area contributed by atoms with Crippen LogP contribution in [0.4, 0.5) is 0 Å². The summed E-state index contributed by atoms with van der Waals surface area (Å²) in [6.07, 6.45) is 7.77. The van der Waals surface area contributed by atoms with Gasteiger partial charge in [-0.2, -0.15) is 5.10 Å². The Kier molecular flexibility index (Phi) is 5.16. The molecule has 5 nitrogen and oxygen atoms in total. The molecule has 0 saturated carbocycles. The Balaban J connectivity index is 1.85. The van der Waals surface area contributed by atoms with Crippen molar-refractivity contribution in [3.63, 3.8) is 0 Å². The second kappa shape index (κ2) is 6.87. The average molecular weight is 252 g/mol. The van der Waals surface area contributed by atoms with Crippen LogP contribution in [0.1, 0.15) is 37.8 Å². The van der Waals surface area contributed by atoms with E-state index in [2.05, 4.69) is 23.5 Å². The highest BCUT2D eigenvalue weighted by Crippen LogP contribution is 2.14. The van der Waals surface area contributed by atoms with Crippen molar-refractivity contribution in [2.75, 3.05) is 19.7 Å². The van der Waals surface area contributed by atoms with Crippen molar-refractivity contribution >= 4 is 0 Å². The maximum Gasteiger partial charge on any atom is 0.0700 e. The summed E-state index contributed by atoms with van der Waals surface area (Å²) in [5, 5.41) is 7.82. The predicted molar refractivity (Wildman–Crippen MR) is 71.3 cm³/mol. The van der Waals surface area contributed by atoms with Gasteiger partial charge >= 0.3 is 0 Å². The number of aryl methyl sites for hydroxylation is 1. The van der Waals surface area contributed by atoms with Crippen LogP contribution in [0.15, 0.2) is 12.4 Å². The number of hydrogen-bond donors (Lipinski definition) is 2. The second-order valence-corrected chi connectivity index (χ2v) is 4.87. The number of aromatic nitrogens is 2. The van der Waals surface area contributed by atoms with E-state index in [-0.39, 0.29) is 6.04 Å². The van der Waals surface area contributed by atoms with Crippen molar-refractivity contribution in [2.45, 2.75) is 44.9 Å². The van der Waals surface area contributed by atoms with Crippen molar-refractivity contribution in [3.8, 4) is 0 Å². The number of nitrogens with zero attached hydrogens (tertiary/aromatic N) is 2. The average Bonchev–Trinajstić information content (AvgIpc) is 3.02. The molecule has 102 valence electrons. The Bertz CT molecular complexity index is 347. The lowest BCUT2D eigenvalue weighted by Crippen LogP contribution is -2.33. The highest BCUT2D eigenvalue weighted by atomic mass is 16.5. The van der Waals surface area contributed by atoms with Crippen LogP contribution in [-0.2, 0) is 11.3 Å². The van der Waals surface area contributed by atoms with Crippen molar-refractivity contribution in [1.29, 1.82) is 0 Å². The van der Waals surface area contributed by atoms with Gasteiger partial charge in [-0.25, -0.2) is 0 Å². The van der Waals surface area contributed by atoms with E-state index in [1.165, 1.54) is 12.0 Å². The minimum atomic E-state index is 0.180. The summed E-state index contributed by atoms with van der Waals surface area (Å²) < 4.78 is 7.58. The fourth-order valence-corrected chi connectivity index (χ4v) is 2.33. The quantitative estimate of drug-likeness (QED) is 0.761. The maximum absolute atomic E-state index is 5.83. The van der Waals surface area contributed by atoms with Gasteiger partial charge in [0.05, 0.1) is 12.3 Å². The van der Waals surface area contributed by atoms with E-state index in [1.54, 1.807) is 0 Å². The number of nitrogens with one attached hydrogen (secondary N) is 1. The summed E-state index contributed by atoms with van der Waals surface area (Å²) >= 11 is 0. The molecule has 0 radical (unpaired) electrons. The lowest BCUT2D eigenvalue weighted by atomic mass is 10.1. The molecule has 1 aromatic rings. The molecule has 5 heteroatoms. The summed E-state index contributed by atoms with van der Waals surface area (Å²) in [7, 11) is 0. The Morgan fingerprint density at radius 3 is 3.22 bits per heavy atom. The van der Waals surface area contributed by atoms with Gasteiger partial charge in [-0.1, -0.05) is 6.92 Å². The molecule has 2 rings (SSSR count). The minimum Gasteiger partial charge on any atom is -0.377 e. The molecular formula is C13H24N4O. The zero-order valence-electron chi connectivity index (χ0n) is 11.1. The fourth-order valence-electron chi connectivity index (χ4n) is 2.33. The van der Waals surface area contributed by atoms with Gasteiger partial charge in [0.25, 0.3) is 0 Å². The summed E-state index contributed by atoms with van der Waals surface area (Å²) in [5.41, 5.74) is 7.00. The van der Waals surface area contributed by atoms with Crippen molar-refractivity contribution in [3.05, 3.63) is 18.0 Å². The van der Waals surface area contributed by atoms with E-state index in [0.29, 0.717) is 12.6 Å². The van der Waals surface area contributed by atoms with Crippen molar-refractivity contribution in [2.24, 2.45) is 5.73 Å². The molecule has 2 atom stereocenters. The molecule has 1 fully saturated rings. The first kappa shape index (κ1) is 13.5. The molecule has 0 bridgehead atoms. The van der Waals surface area contributed by atoms with E-state index >= 15 is 0 Å². The van der Waals surface area contributed by atoms with Crippen molar-refractivity contribution < 1.29 is 4.74 Å². The van der Waals surface area contributed by atoms with Gasteiger partial charge in [-0.15, -0.1) is 0 Å². The molecule has 0 aliphatic carbocycles. The van der Waals surface area contributed by atoms with Crippen LogP contribution in [0.25, 0.3) is 0 Å². The zero-order valence-corrected chi connectivity index (χ0v) is 11.1. The lowest BCUT2D eigenvalue weighted by molar-refractivity contribution is 0.107. The SMILES string of the molecule is CCCn1cc(C(CN)NCC2CCCO2)cn1. The van der Waals surface area contributed by atoms with Gasteiger partial charge in [0.15, 0.2) is 0 Å². The smallest absolute Gasteiger partial charge is 0.0700 e. The summed E-state index contributed by atoms with van der Waals surface area (Å²) in [6, 6.07) is 0.180. The highest BCUT2D eigenvalue weighted by Gasteiger charge is 2.18. The van der Waals surface area contributed by atoms with E-state index in [9.17, 15) is 0 Å². The molecule has 1 aromatic heterocycles. The van der Waals surface area contributed by atoms with E-state index in [0.717, 1.165) is 32.5 Å². The van der Waals surface area contributed by atoms with E-state index < -0.39 is 0 Å². The third kappa shape index (κ3) is 3.54. The first-order valence-electron chi connectivity index (χ1n) is 6.91. The Labute approximate surface area is 109 Å². The summed E-state index contributed by atoms with van der Waals surface area (Å²) in [5.74, 6) is 0. The molecule has 0 amide bonds. The Morgan fingerprint density at radius 1 is 1.67 bits per heavy atom. The molecule has 3 N–H and O–H groups in total. The van der Waals surface area contributed by atoms with Crippen LogP contribution in [-0.4, -0.2) is 35.6 Å². The predicted octanol–water partition coefficient (Wildman–Crippen LogP) is 1.06. The minimum absolute atomic E-state index is 0.180. The van der Waals surface area contributed by atoms with Gasteiger partial charge in [-0.05, 0) is 19.3 Å². The highest BCUT2D eigenvalue weighted by molar-refractivity contribution is 5.11. The van der Waals surface area contributed by atoms with Crippen LogP contribution in [0.3, 0.4) is 0 Å². The zero-order chi connectivity index (χ0) is 12.8. The molecule has 1 saturated heterocycles. The first-order valence-corrected chi connectivity index (χ1v) is 6.91. The number of hydrogen-bond acceptors (Lipinski definition) is 4. The molecular weight excluding hydrogens is 228 g/mol. The lowest BCUT2D eigenvalue weighted by Gasteiger charge is -2.18. The normalized spacial score (nSPS) is 21.3. The number of rotatable bonds is 7. The van der Waals surface area contributed by atoms with E-state index in [4.69, 9.17) is 10.5 Å². The van der Waals surface area contributed by atoms with Gasteiger partial charge in [-0.3, -0.25) is 4.68 Å². The van der Waals surface area contributed by atoms with Gasteiger partial charge < -0.3 is 15.8 Å². The Hall–Kier alpha value is -0.910.